The standard InChI is InChI=1S/C27H21ClN2O5/c1-15-6-3-4-8-19(15)23-22(25(32)27(33)30(23)14-16-7-5-9-29-13-16)24(31)20-11-17-10-18(28)12-21(34-2)26(17)35-20/h3-13,23,32H,14H2,1-2H3. The Morgan fingerprint density at radius 3 is 2.71 bits per heavy atom. The summed E-state index contributed by atoms with van der Waals surface area (Å²) < 4.78 is 11.2. The number of rotatable bonds is 6. The molecule has 2 aromatic heterocycles. The van der Waals surface area contributed by atoms with Crippen LogP contribution in [-0.4, -0.2) is 33.8 Å². The number of Topliss-reactive ketones (excluding diaryl/α,β-unsaturated/α-hetero) is 1. The molecule has 0 fully saturated rings. The second-order valence-electron chi connectivity index (χ2n) is 8.28. The molecule has 176 valence electrons. The average Bonchev–Trinajstić information content (AvgIpc) is 3.39. The van der Waals surface area contributed by atoms with Crippen LogP contribution in [0.25, 0.3) is 11.0 Å². The molecular formula is C27H21ClN2O5. The van der Waals surface area contributed by atoms with E-state index in [1.54, 1.807) is 30.6 Å². The number of fused-ring (bicyclic) bond motifs is 1. The van der Waals surface area contributed by atoms with Crippen molar-refractivity contribution in [3.8, 4) is 5.75 Å². The van der Waals surface area contributed by atoms with Crippen molar-refractivity contribution in [1.82, 2.24) is 9.88 Å². The summed E-state index contributed by atoms with van der Waals surface area (Å²) in [5.74, 6) is -1.48. The highest BCUT2D eigenvalue weighted by atomic mass is 35.5. The lowest BCUT2D eigenvalue weighted by atomic mass is 9.92. The molecule has 4 aromatic rings. The lowest BCUT2D eigenvalue weighted by Gasteiger charge is -2.27. The third-order valence-electron chi connectivity index (χ3n) is 6.10. The van der Waals surface area contributed by atoms with Gasteiger partial charge in [-0.25, -0.2) is 0 Å². The van der Waals surface area contributed by atoms with E-state index in [2.05, 4.69) is 4.98 Å². The predicted molar refractivity (Wildman–Crippen MR) is 130 cm³/mol. The number of ketones is 1. The maximum atomic E-state index is 13.8. The fourth-order valence-electron chi connectivity index (χ4n) is 4.44. The first kappa shape index (κ1) is 22.7. The van der Waals surface area contributed by atoms with Gasteiger partial charge >= 0.3 is 0 Å². The Labute approximate surface area is 206 Å². The van der Waals surface area contributed by atoms with Gasteiger partial charge in [0.2, 0.25) is 5.78 Å². The first-order chi connectivity index (χ1) is 16.9. The molecular weight excluding hydrogens is 468 g/mol. The van der Waals surface area contributed by atoms with Crippen molar-refractivity contribution in [2.75, 3.05) is 7.11 Å². The molecule has 5 rings (SSSR count). The predicted octanol–water partition coefficient (Wildman–Crippen LogP) is 5.58. The van der Waals surface area contributed by atoms with Crippen LogP contribution in [0, 0.1) is 6.92 Å². The van der Waals surface area contributed by atoms with Crippen LogP contribution in [-0.2, 0) is 11.3 Å². The molecule has 1 aliphatic heterocycles. The quantitative estimate of drug-likeness (QED) is 0.356. The molecule has 0 aliphatic carbocycles. The minimum Gasteiger partial charge on any atom is -0.503 e. The molecule has 0 bridgehead atoms. The summed E-state index contributed by atoms with van der Waals surface area (Å²) in [7, 11) is 1.48. The van der Waals surface area contributed by atoms with E-state index in [1.165, 1.54) is 18.1 Å². The van der Waals surface area contributed by atoms with Crippen molar-refractivity contribution < 1.29 is 23.8 Å². The molecule has 0 spiro atoms. The van der Waals surface area contributed by atoms with Gasteiger partial charge in [-0.3, -0.25) is 14.6 Å². The summed E-state index contributed by atoms with van der Waals surface area (Å²) >= 11 is 6.17. The number of carbonyl (C=O) groups excluding carboxylic acids is 2. The molecule has 1 atom stereocenters. The summed E-state index contributed by atoms with van der Waals surface area (Å²) in [6, 6.07) is 15.0. The minimum absolute atomic E-state index is 0.0308. The van der Waals surface area contributed by atoms with E-state index in [0.29, 0.717) is 21.7 Å². The van der Waals surface area contributed by atoms with Crippen LogP contribution in [0.3, 0.4) is 0 Å². The van der Waals surface area contributed by atoms with Crippen LogP contribution < -0.4 is 4.74 Å². The zero-order chi connectivity index (χ0) is 24.7. The monoisotopic (exact) mass is 488 g/mol. The highest BCUT2D eigenvalue weighted by Gasteiger charge is 2.45. The van der Waals surface area contributed by atoms with E-state index in [-0.39, 0.29) is 17.9 Å². The summed E-state index contributed by atoms with van der Waals surface area (Å²) in [6.45, 7) is 2.06. The Morgan fingerprint density at radius 2 is 2.00 bits per heavy atom. The molecule has 0 radical (unpaired) electrons. The summed E-state index contributed by atoms with van der Waals surface area (Å²) in [4.78, 5) is 32.6. The van der Waals surface area contributed by atoms with E-state index in [4.69, 9.17) is 20.8 Å². The number of amides is 1. The fraction of sp³-hybridized carbons (Fsp3) is 0.148. The molecule has 3 heterocycles. The Kier molecular flexibility index (Phi) is 5.78. The molecule has 8 heteroatoms. The van der Waals surface area contributed by atoms with Gasteiger partial charge in [0.15, 0.2) is 22.9 Å². The van der Waals surface area contributed by atoms with Gasteiger partial charge in [0, 0.05) is 35.4 Å². The van der Waals surface area contributed by atoms with Crippen molar-refractivity contribution in [1.29, 1.82) is 0 Å². The Bertz CT molecular complexity index is 1490. The van der Waals surface area contributed by atoms with Gasteiger partial charge in [-0.05, 0) is 41.8 Å². The normalized spacial score (nSPS) is 15.8. The van der Waals surface area contributed by atoms with Crippen molar-refractivity contribution >= 4 is 34.3 Å². The zero-order valence-electron chi connectivity index (χ0n) is 19.0. The summed E-state index contributed by atoms with van der Waals surface area (Å²) in [5, 5.41) is 11.9. The topological polar surface area (TPSA) is 92.9 Å². The molecule has 0 saturated carbocycles. The number of aliphatic hydroxyl groups excluding tert-OH is 1. The van der Waals surface area contributed by atoms with E-state index in [1.807, 2.05) is 37.3 Å². The van der Waals surface area contributed by atoms with Crippen molar-refractivity contribution in [2.45, 2.75) is 19.5 Å². The zero-order valence-corrected chi connectivity index (χ0v) is 19.7. The number of hydrogen-bond acceptors (Lipinski definition) is 6. The molecule has 1 N–H and O–H groups in total. The number of aliphatic hydroxyl groups is 1. The highest BCUT2D eigenvalue weighted by Crippen LogP contribution is 2.42. The maximum absolute atomic E-state index is 13.8. The second kappa shape index (κ2) is 8.92. The van der Waals surface area contributed by atoms with E-state index in [9.17, 15) is 14.7 Å². The molecule has 1 unspecified atom stereocenters. The number of methoxy groups -OCH3 is 1. The average molecular weight is 489 g/mol. The molecule has 1 aliphatic rings. The molecule has 7 nitrogen and oxygen atoms in total. The maximum Gasteiger partial charge on any atom is 0.290 e. The number of nitrogens with zero attached hydrogens (tertiary/aromatic N) is 2. The highest BCUT2D eigenvalue weighted by molar-refractivity contribution is 6.31. The van der Waals surface area contributed by atoms with Gasteiger partial charge in [-0.2, -0.15) is 0 Å². The van der Waals surface area contributed by atoms with Crippen LogP contribution in [0.15, 0.2) is 82.7 Å². The van der Waals surface area contributed by atoms with Crippen LogP contribution >= 0.6 is 11.6 Å². The number of benzene rings is 2. The van der Waals surface area contributed by atoms with Gasteiger partial charge in [0.1, 0.15) is 0 Å². The van der Waals surface area contributed by atoms with Crippen LogP contribution in [0.4, 0.5) is 0 Å². The van der Waals surface area contributed by atoms with Gasteiger partial charge in [0.25, 0.3) is 5.91 Å². The van der Waals surface area contributed by atoms with Crippen molar-refractivity contribution in [3.05, 3.63) is 106 Å². The van der Waals surface area contributed by atoms with E-state index >= 15 is 0 Å². The lowest BCUT2D eigenvalue weighted by Crippen LogP contribution is -2.31. The van der Waals surface area contributed by atoms with Gasteiger partial charge in [-0.15, -0.1) is 0 Å². The fourth-order valence-corrected chi connectivity index (χ4v) is 4.65. The van der Waals surface area contributed by atoms with Crippen LogP contribution in [0.5, 0.6) is 5.75 Å². The Balaban J connectivity index is 1.63. The molecule has 35 heavy (non-hydrogen) atoms. The molecule has 0 saturated heterocycles. The number of ether oxygens (including phenoxy) is 1. The number of hydrogen-bond donors (Lipinski definition) is 1. The number of aryl methyl sites for hydroxylation is 1. The third kappa shape index (κ3) is 3.94. The van der Waals surface area contributed by atoms with Gasteiger partial charge < -0.3 is 19.2 Å². The van der Waals surface area contributed by atoms with Gasteiger partial charge in [-0.1, -0.05) is 41.9 Å². The number of pyridine rings is 1. The SMILES string of the molecule is COc1cc(Cl)cc2cc(C(=O)C3=C(O)C(=O)N(Cc4cccnc4)C3c3ccccc3C)oc12. The Hall–Kier alpha value is -4.10. The summed E-state index contributed by atoms with van der Waals surface area (Å²) in [6.07, 6.45) is 3.29. The van der Waals surface area contributed by atoms with E-state index < -0.39 is 23.5 Å². The number of furan rings is 1. The molecule has 1 amide bonds. The smallest absolute Gasteiger partial charge is 0.290 e. The molecule has 2 aromatic carbocycles. The number of carbonyl (C=O) groups is 2. The first-order valence-corrected chi connectivity index (χ1v) is 11.3. The number of halogens is 1. The van der Waals surface area contributed by atoms with E-state index in [0.717, 1.165) is 16.7 Å². The van der Waals surface area contributed by atoms with Gasteiger partial charge in [0.05, 0.1) is 18.7 Å². The van der Waals surface area contributed by atoms with Crippen molar-refractivity contribution in [2.24, 2.45) is 0 Å². The number of aromatic nitrogens is 1. The van der Waals surface area contributed by atoms with Crippen molar-refractivity contribution in [3.63, 3.8) is 0 Å². The lowest BCUT2D eigenvalue weighted by molar-refractivity contribution is -0.130. The minimum atomic E-state index is -0.810. The van der Waals surface area contributed by atoms with Crippen LogP contribution in [0.1, 0.15) is 33.3 Å². The largest absolute Gasteiger partial charge is 0.503 e. The summed E-state index contributed by atoms with van der Waals surface area (Å²) in [5.41, 5.74) is 2.68. The first-order valence-electron chi connectivity index (χ1n) is 10.9. The third-order valence-corrected chi connectivity index (χ3v) is 6.32. The Morgan fingerprint density at radius 1 is 1.20 bits per heavy atom. The van der Waals surface area contributed by atoms with Crippen LogP contribution in [0.2, 0.25) is 5.02 Å². The second-order valence-corrected chi connectivity index (χ2v) is 8.72.